The van der Waals surface area contributed by atoms with Gasteiger partial charge >= 0.3 is 0 Å². The monoisotopic (exact) mass is 610 g/mol. The summed E-state index contributed by atoms with van der Waals surface area (Å²) >= 11 is 1.18. The average Bonchev–Trinajstić information content (AvgIpc) is 2.95. The second kappa shape index (κ2) is 31.7. The molecule has 0 aliphatic carbocycles. The summed E-state index contributed by atoms with van der Waals surface area (Å²) in [5.74, 6) is -0.0000218. The zero-order valence-corrected chi connectivity index (χ0v) is 27.4. The number of ether oxygens (including phenoxy) is 6. The molecule has 1 unspecified atom stereocenters. The van der Waals surface area contributed by atoms with Gasteiger partial charge in [-0.15, -0.1) is 11.8 Å². The number of rotatable bonds is 28. The summed E-state index contributed by atoms with van der Waals surface area (Å²) in [6.07, 6.45) is -0.0318. The van der Waals surface area contributed by atoms with Crippen LogP contribution in [0.5, 0.6) is 0 Å². The minimum atomic E-state index is -0.679. The topological polar surface area (TPSA) is 131 Å². The van der Waals surface area contributed by atoms with Crippen molar-refractivity contribution in [3.05, 3.63) is 0 Å². The molecular formula is C29H58N2O9S. The molecule has 0 radical (unpaired) electrons. The molecular weight excluding hydrogens is 552 g/mol. The van der Waals surface area contributed by atoms with Gasteiger partial charge in [-0.05, 0) is 12.8 Å². The maximum atomic E-state index is 12.7. The highest BCUT2D eigenvalue weighted by molar-refractivity contribution is 8.01. The molecule has 2 N–H and O–H groups in total. The summed E-state index contributed by atoms with van der Waals surface area (Å²) in [7, 11) is 0. The van der Waals surface area contributed by atoms with E-state index in [0.717, 1.165) is 0 Å². The van der Waals surface area contributed by atoms with Gasteiger partial charge in [-0.3, -0.25) is 14.4 Å². The standard InChI is InChI=1S/C27H52N2O9S.C2H6/c1-6-33-11-12-36-15-13-34-9-7-28-26(31)19-25(39-21-24(30)23(4)5)27(32)29-8-10-35-14-16-37-17-18-38-20-22(2)3;1-2/h22-23,25H,6-21H2,1-5H3,(H,28,31)(H,29,32);1-2H3. The Bertz CT molecular complexity index is 625. The highest BCUT2D eigenvalue weighted by Crippen LogP contribution is 2.17. The molecule has 244 valence electrons. The Morgan fingerprint density at radius 3 is 1.61 bits per heavy atom. The number of nitrogens with one attached hydrogen (secondary N) is 2. The van der Waals surface area contributed by atoms with E-state index in [1.807, 2.05) is 34.6 Å². The summed E-state index contributed by atoms with van der Waals surface area (Å²) in [6, 6.07) is 0. The zero-order chi connectivity index (χ0) is 31.1. The minimum Gasteiger partial charge on any atom is -0.379 e. The lowest BCUT2D eigenvalue weighted by Gasteiger charge is -2.17. The largest absolute Gasteiger partial charge is 0.379 e. The first-order chi connectivity index (χ1) is 19.8. The van der Waals surface area contributed by atoms with Gasteiger partial charge in [0, 0.05) is 38.6 Å². The molecule has 0 heterocycles. The average molecular weight is 611 g/mol. The lowest BCUT2D eigenvalue weighted by molar-refractivity contribution is -0.126. The normalized spacial score (nSPS) is 11.7. The first-order valence-electron chi connectivity index (χ1n) is 14.9. The van der Waals surface area contributed by atoms with Gasteiger partial charge in [0.05, 0.1) is 77.1 Å². The van der Waals surface area contributed by atoms with Crippen molar-refractivity contribution >= 4 is 29.4 Å². The quantitative estimate of drug-likeness (QED) is 0.128. The number of Topliss-reactive ketones (excluding diaryl/α,β-unsaturated/α-hetero) is 1. The fraction of sp³-hybridized carbons (Fsp3) is 0.897. The molecule has 0 aromatic heterocycles. The first-order valence-corrected chi connectivity index (χ1v) is 16.0. The van der Waals surface area contributed by atoms with E-state index in [9.17, 15) is 14.4 Å². The Kier molecular flexibility index (Phi) is 32.3. The Morgan fingerprint density at radius 1 is 0.659 bits per heavy atom. The van der Waals surface area contributed by atoms with Crippen molar-refractivity contribution in [2.24, 2.45) is 11.8 Å². The first kappa shape index (κ1) is 41.9. The van der Waals surface area contributed by atoms with Crippen LogP contribution in [-0.2, 0) is 42.8 Å². The molecule has 0 aliphatic heterocycles. The number of hydrogen-bond donors (Lipinski definition) is 2. The molecule has 11 nitrogen and oxygen atoms in total. The third-order valence-electron chi connectivity index (χ3n) is 4.99. The molecule has 0 saturated carbocycles. The second-order valence-electron chi connectivity index (χ2n) is 9.38. The van der Waals surface area contributed by atoms with E-state index in [2.05, 4.69) is 24.5 Å². The van der Waals surface area contributed by atoms with Crippen molar-refractivity contribution in [3.8, 4) is 0 Å². The summed E-state index contributed by atoms with van der Waals surface area (Å²) in [6.45, 7) is 20.3. The fourth-order valence-corrected chi connectivity index (χ4v) is 3.99. The number of amides is 2. The fourth-order valence-electron chi connectivity index (χ4n) is 2.78. The SMILES string of the molecule is CC.CCOCCOCCOCCNC(=O)CC(SCC(=O)C(C)C)C(=O)NCCOCCOCCOCC(C)C. The molecule has 12 heteroatoms. The molecule has 0 spiro atoms. The van der Waals surface area contributed by atoms with Gasteiger partial charge < -0.3 is 39.1 Å². The van der Waals surface area contributed by atoms with Crippen molar-refractivity contribution < 1.29 is 42.8 Å². The summed E-state index contributed by atoms with van der Waals surface area (Å²) in [5, 5.41) is 4.88. The highest BCUT2D eigenvalue weighted by atomic mass is 32.2. The summed E-state index contributed by atoms with van der Waals surface area (Å²) in [5.41, 5.74) is 0. The van der Waals surface area contributed by atoms with Crippen molar-refractivity contribution in [2.45, 2.75) is 60.1 Å². The van der Waals surface area contributed by atoms with Gasteiger partial charge in [0.15, 0.2) is 0 Å². The van der Waals surface area contributed by atoms with E-state index >= 15 is 0 Å². The van der Waals surface area contributed by atoms with E-state index in [0.29, 0.717) is 98.3 Å². The number of hydrogen-bond acceptors (Lipinski definition) is 10. The molecule has 41 heavy (non-hydrogen) atoms. The van der Waals surface area contributed by atoms with Crippen LogP contribution in [0.25, 0.3) is 0 Å². The molecule has 0 aromatic rings. The van der Waals surface area contributed by atoms with Gasteiger partial charge in [-0.25, -0.2) is 0 Å². The molecule has 0 saturated heterocycles. The van der Waals surface area contributed by atoms with Crippen LogP contribution < -0.4 is 10.6 Å². The molecule has 2 amide bonds. The Labute approximate surface area is 252 Å². The molecule has 0 bridgehead atoms. The van der Waals surface area contributed by atoms with Crippen LogP contribution in [-0.4, -0.2) is 121 Å². The lowest BCUT2D eigenvalue weighted by atomic mass is 10.1. The van der Waals surface area contributed by atoms with Crippen LogP contribution >= 0.6 is 11.8 Å². The van der Waals surface area contributed by atoms with Crippen molar-refractivity contribution in [2.75, 3.05) is 98.1 Å². The molecule has 0 aromatic carbocycles. The van der Waals surface area contributed by atoms with Crippen molar-refractivity contribution in [1.82, 2.24) is 10.6 Å². The van der Waals surface area contributed by atoms with E-state index < -0.39 is 5.25 Å². The maximum Gasteiger partial charge on any atom is 0.233 e. The van der Waals surface area contributed by atoms with E-state index in [1.165, 1.54) is 11.8 Å². The van der Waals surface area contributed by atoms with Crippen LogP contribution in [0.1, 0.15) is 54.9 Å². The maximum absolute atomic E-state index is 12.7. The number of carbonyl (C=O) groups is 3. The van der Waals surface area contributed by atoms with Crippen LogP contribution in [0, 0.1) is 11.8 Å². The van der Waals surface area contributed by atoms with E-state index in [1.54, 1.807) is 0 Å². The predicted octanol–water partition coefficient (Wildman–Crippen LogP) is 2.74. The Hall–Kier alpha value is -1.28. The van der Waals surface area contributed by atoms with Gasteiger partial charge in [0.25, 0.3) is 0 Å². The predicted molar refractivity (Wildman–Crippen MR) is 164 cm³/mol. The van der Waals surface area contributed by atoms with Crippen molar-refractivity contribution in [1.29, 1.82) is 0 Å². The number of thioether (sulfide) groups is 1. The third-order valence-corrected chi connectivity index (χ3v) is 6.23. The lowest BCUT2D eigenvalue weighted by Crippen LogP contribution is -2.39. The molecule has 1 atom stereocenters. The highest BCUT2D eigenvalue weighted by Gasteiger charge is 2.24. The van der Waals surface area contributed by atoms with Crippen molar-refractivity contribution in [3.63, 3.8) is 0 Å². The summed E-state index contributed by atoms with van der Waals surface area (Å²) < 4.78 is 32.3. The van der Waals surface area contributed by atoms with E-state index in [4.69, 9.17) is 28.4 Å². The van der Waals surface area contributed by atoms with Crippen LogP contribution in [0.3, 0.4) is 0 Å². The van der Waals surface area contributed by atoms with Crippen LogP contribution in [0.2, 0.25) is 0 Å². The Balaban J connectivity index is 0. The van der Waals surface area contributed by atoms with Gasteiger partial charge in [0.2, 0.25) is 11.8 Å². The van der Waals surface area contributed by atoms with Gasteiger partial charge in [-0.1, -0.05) is 41.5 Å². The van der Waals surface area contributed by atoms with Gasteiger partial charge in [-0.2, -0.15) is 0 Å². The van der Waals surface area contributed by atoms with Crippen LogP contribution in [0.4, 0.5) is 0 Å². The minimum absolute atomic E-state index is 0.0318. The summed E-state index contributed by atoms with van der Waals surface area (Å²) in [4.78, 5) is 37.2. The zero-order valence-electron chi connectivity index (χ0n) is 26.6. The smallest absolute Gasteiger partial charge is 0.233 e. The second-order valence-corrected chi connectivity index (χ2v) is 10.6. The number of ketones is 1. The number of carbonyl (C=O) groups excluding carboxylic acids is 3. The van der Waals surface area contributed by atoms with Gasteiger partial charge in [0.1, 0.15) is 5.78 Å². The Morgan fingerprint density at radius 2 is 1.12 bits per heavy atom. The van der Waals surface area contributed by atoms with E-state index in [-0.39, 0.29) is 35.7 Å². The molecule has 0 rings (SSSR count). The molecule has 0 fully saturated rings. The third kappa shape index (κ3) is 30.0. The molecule has 0 aliphatic rings. The van der Waals surface area contributed by atoms with Crippen LogP contribution in [0.15, 0.2) is 0 Å².